The second-order valence-electron chi connectivity index (χ2n) is 7.42. The van der Waals surface area contributed by atoms with Crippen molar-refractivity contribution in [2.45, 2.75) is 101 Å². The lowest BCUT2D eigenvalue weighted by Crippen LogP contribution is -2.40. The lowest BCUT2D eigenvalue weighted by Gasteiger charge is -2.35. The monoisotopic (exact) mass is 470 g/mol. The van der Waals surface area contributed by atoms with E-state index < -0.39 is 0 Å². The number of hydrogen-bond donors (Lipinski definition) is 0. The molecule has 0 radical (unpaired) electrons. The van der Waals surface area contributed by atoms with Crippen molar-refractivity contribution in [2.75, 3.05) is 26.4 Å². The van der Waals surface area contributed by atoms with Gasteiger partial charge in [0.1, 0.15) is 10.8 Å². The van der Waals surface area contributed by atoms with E-state index in [9.17, 15) is 0 Å². The molecule has 170 valence electrons. The molecular weight excluding hydrogens is 425 g/mol. The van der Waals surface area contributed by atoms with Crippen LogP contribution in [0.25, 0.3) is 0 Å². The fourth-order valence-electron chi connectivity index (χ4n) is 3.54. The van der Waals surface area contributed by atoms with Crippen LogP contribution in [-0.4, -0.2) is 68.2 Å². The summed E-state index contributed by atoms with van der Waals surface area (Å²) in [6.45, 7) is 15.6. The highest BCUT2D eigenvalue weighted by atomic mass is 33.1. The summed E-state index contributed by atoms with van der Waals surface area (Å²) in [5, 5.41) is 1.10. The molecule has 0 aliphatic carbocycles. The molecule has 0 saturated carbocycles. The molecule has 0 bridgehead atoms. The van der Waals surface area contributed by atoms with Crippen LogP contribution >= 0.6 is 21.6 Å². The van der Waals surface area contributed by atoms with Crippen molar-refractivity contribution in [3.8, 4) is 0 Å². The molecule has 28 heavy (non-hydrogen) atoms. The van der Waals surface area contributed by atoms with Gasteiger partial charge in [-0.05, 0) is 40.5 Å². The molecule has 0 fully saturated rings. The summed E-state index contributed by atoms with van der Waals surface area (Å²) in [7, 11) is 5.85. The quantitative estimate of drug-likeness (QED) is 0.163. The highest BCUT2D eigenvalue weighted by molar-refractivity contribution is 8.77. The predicted octanol–water partition coefficient (Wildman–Crippen LogP) is 3.67. The van der Waals surface area contributed by atoms with Crippen LogP contribution in [0.5, 0.6) is 0 Å². The van der Waals surface area contributed by atoms with Gasteiger partial charge in [-0.1, -0.05) is 48.3 Å². The van der Waals surface area contributed by atoms with Crippen LogP contribution in [0.15, 0.2) is 0 Å². The van der Waals surface area contributed by atoms with Gasteiger partial charge in [-0.25, -0.2) is 0 Å². The van der Waals surface area contributed by atoms with Crippen molar-refractivity contribution in [3.05, 3.63) is 0 Å². The van der Waals surface area contributed by atoms with Gasteiger partial charge in [-0.15, -0.1) is 0 Å². The van der Waals surface area contributed by atoms with E-state index in [-0.39, 0.29) is 10.8 Å². The Balaban J connectivity index is 4.99. The first-order chi connectivity index (χ1) is 13.3. The van der Waals surface area contributed by atoms with Crippen molar-refractivity contribution in [2.24, 2.45) is 0 Å². The Hall–Kier alpha value is 0.974. The lowest BCUT2D eigenvalue weighted by molar-refractivity contribution is -0.177. The second-order valence-corrected chi connectivity index (χ2v) is 13.3. The molecule has 0 aromatic rings. The van der Waals surface area contributed by atoms with Crippen LogP contribution in [0.2, 0.25) is 0 Å². The maximum Gasteiger partial charge on any atom is 0.142 e. The summed E-state index contributed by atoms with van der Waals surface area (Å²) in [4.78, 5) is 0. The summed E-state index contributed by atoms with van der Waals surface area (Å²) in [6, 6.07) is 0. The van der Waals surface area contributed by atoms with E-state index in [4.69, 9.17) is 18.9 Å². The van der Waals surface area contributed by atoms with Crippen molar-refractivity contribution in [1.29, 1.82) is 0 Å². The molecule has 0 saturated heterocycles. The molecule has 0 spiro atoms. The average molecular weight is 471 g/mol. The predicted molar refractivity (Wildman–Crippen MR) is 134 cm³/mol. The van der Waals surface area contributed by atoms with Crippen LogP contribution in [0, 0.1) is 0 Å². The Bertz CT molecular complexity index is 332. The Morgan fingerprint density at radius 2 is 0.893 bits per heavy atom. The largest absolute Gasteiger partial charge is 0.355 e. The minimum Gasteiger partial charge on any atom is -0.355 e. The topological polar surface area (TPSA) is 36.9 Å². The van der Waals surface area contributed by atoms with E-state index in [1.54, 1.807) is 0 Å². The van der Waals surface area contributed by atoms with E-state index in [1.165, 1.54) is 25.7 Å². The van der Waals surface area contributed by atoms with Gasteiger partial charge in [-0.3, -0.25) is 0 Å². The summed E-state index contributed by atoms with van der Waals surface area (Å²) in [5.74, 6) is 0. The third-order valence-electron chi connectivity index (χ3n) is 4.54. The summed E-state index contributed by atoms with van der Waals surface area (Å²) >= 11 is 0. The van der Waals surface area contributed by atoms with Crippen LogP contribution in [0.3, 0.4) is 0 Å². The van der Waals surface area contributed by atoms with E-state index in [0.29, 0.717) is 36.9 Å². The van der Waals surface area contributed by atoms with Gasteiger partial charge in [0.15, 0.2) is 0 Å². The molecule has 0 aromatic carbocycles. The number of rotatable bonds is 19. The molecule has 0 rings (SSSR count). The van der Waals surface area contributed by atoms with Gasteiger partial charge in [0.05, 0.1) is 20.5 Å². The van der Waals surface area contributed by atoms with Gasteiger partial charge in [0.2, 0.25) is 0 Å². The molecule has 0 N–H and O–H groups in total. The summed E-state index contributed by atoms with van der Waals surface area (Å²) in [5.41, 5.74) is -0.704. The molecular formula is C20H46O4S2Si2. The van der Waals surface area contributed by atoms with Crippen LogP contribution in [0.4, 0.5) is 0 Å². The maximum absolute atomic E-state index is 6.03. The van der Waals surface area contributed by atoms with Gasteiger partial charge in [0, 0.05) is 49.8 Å². The lowest BCUT2D eigenvalue weighted by atomic mass is 10.2. The summed E-state index contributed by atoms with van der Waals surface area (Å²) in [6.07, 6.45) is 6.74. The molecule has 0 aliphatic rings. The van der Waals surface area contributed by atoms with E-state index in [1.807, 2.05) is 21.6 Å². The van der Waals surface area contributed by atoms with Gasteiger partial charge < -0.3 is 18.9 Å². The third-order valence-corrected chi connectivity index (χ3v) is 9.94. The fraction of sp³-hybridized carbons (Fsp3) is 1.00. The molecule has 2 unspecified atom stereocenters. The highest BCUT2D eigenvalue weighted by Gasteiger charge is 2.32. The molecule has 4 nitrogen and oxygen atoms in total. The smallest absolute Gasteiger partial charge is 0.142 e. The van der Waals surface area contributed by atoms with E-state index >= 15 is 0 Å². The minimum atomic E-state index is -0.352. The number of hydrogen-bond acceptors (Lipinski definition) is 6. The van der Waals surface area contributed by atoms with Crippen molar-refractivity contribution < 1.29 is 18.9 Å². The third kappa shape index (κ3) is 12.6. The molecule has 0 aromatic heterocycles. The molecule has 2 atom stereocenters. The van der Waals surface area contributed by atoms with E-state index in [2.05, 4.69) is 41.5 Å². The molecule has 0 amide bonds. The van der Waals surface area contributed by atoms with Crippen LogP contribution < -0.4 is 0 Å². The maximum atomic E-state index is 6.03. The Morgan fingerprint density at radius 3 is 1.11 bits per heavy atom. The first kappa shape index (κ1) is 29.0. The Kier molecular flexibility index (Phi) is 17.2. The van der Waals surface area contributed by atoms with Crippen molar-refractivity contribution in [3.63, 3.8) is 0 Å². The molecule has 0 heterocycles. The Labute approximate surface area is 188 Å². The van der Waals surface area contributed by atoms with Gasteiger partial charge in [-0.2, -0.15) is 0 Å². The highest BCUT2D eigenvalue weighted by Crippen LogP contribution is 2.41. The van der Waals surface area contributed by atoms with Gasteiger partial charge in [0.25, 0.3) is 0 Å². The minimum absolute atomic E-state index is 0.352. The molecule has 0 aliphatic heterocycles. The van der Waals surface area contributed by atoms with Crippen LogP contribution in [-0.2, 0) is 18.9 Å². The Morgan fingerprint density at radius 1 is 0.607 bits per heavy atom. The SMILES string of the molecule is CCCC(CC([SiH3])(OCC)OCC)SSC(CCC)CC([SiH3])(OCC)OCC. The summed E-state index contributed by atoms with van der Waals surface area (Å²) < 4.78 is 24.1. The average Bonchev–Trinajstić information content (AvgIpc) is 2.60. The number of ether oxygens (including phenoxy) is 4. The van der Waals surface area contributed by atoms with Crippen molar-refractivity contribution >= 4 is 42.1 Å². The fourth-order valence-corrected chi connectivity index (χ4v) is 9.92. The van der Waals surface area contributed by atoms with Crippen molar-refractivity contribution in [1.82, 2.24) is 0 Å². The zero-order valence-electron chi connectivity index (χ0n) is 19.7. The zero-order chi connectivity index (χ0) is 21.5. The van der Waals surface area contributed by atoms with E-state index in [0.717, 1.165) is 33.3 Å². The normalized spacial score (nSPS) is 15.2. The zero-order valence-corrected chi connectivity index (χ0v) is 25.3. The molecule has 8 heteroatoms. The van der Waals surface area contributed by atoms with Gasteiger partial charge >= 0.3 is 0 Å². The standard InChI is InChI=1S/C20H46O4S2Si2/c1-7-13-17(15-19(27,21-9-3)22-10-4)25-26-18(14-8-2)16-20(28,23-11-5)24-12-6/h17-18H,7-16H2,1-6,27-28H3. The first-order valence-corrected chi connectivity index (χ1v) is 15.5. The van der Waals surface area contributed by atoms with Crippen LogP contribution in [0.1, 0.15) is 80.1 Å². The first-order valence-electron chi connectivity index (χ1n) is 11.2. The second kappa shape index (κ2) is 16.6.